The van der Waals surface area contributed by atoms with Crippen LogP contribution in [0.1, 0.15) is 18.4 Å². The molecule has 0 saturated heterocycles. The Morgan fingerprint density at radius 2 is 2.14 bits per heavy atom. The molecule has 114 valence electrons. The molecular formula is C13H13F3N2O3. The minimum absolute atomic E-state index is 0.130. The number of aliphatic hydroxyl groups excluding tert-OH is 1. The Balaban J connectivity index is 1.95. The number of amides is 1. The number of rotatable bonds is 4. The molecule has 8 heteroatoms. The van der Waals surface area contributed by atoms with Gasteiger partial charge in [-0.05, 0) is 30.5 Å². The molecule has 0 aliphatic carbocycles. The number of nitrogens with zero attached hydrogens (tertiary/aromatic N) is 1. The van der Waals surface area contributed by atoms with Gasteiger partial charge in [0.25, 0.3) is 5.91 Å². The predicted octanol–water partition coefficient (Wildman–Crippen LogP) is 1.75. The third-order valence-corrected chi connectivity index (χ3v) is 2.89. The fourth-order valence-electron chi connectivity index (χ4n) is 1.91. The molecule has 0 saturated carbocycles. The van der Waals surface area contributed by atoms with E-state index in [0.717, 1.165) is 0 Å². The summed E-state index contributed by atoms with van der Waals surface area (Å²) in [7, 11) is 0. The van der Waals surface area contributed by atoms with Gasteiger partial charge in [-0.25, -0.2) is 5.43 Å². The second kappa shape index (κ2) is 6.13. The third-order valence-electron chi connectivity index (χ3n) is 2.89. The summed E-state index contributed by atoms with van der Waals surface area (Å²) < 4.78 is 40.2. The van der Waals surface area contributed by atoms with Crippen LogP contribution < -0.4 is 10.2 Å². The van der Waals surface area contributed by atoms with Crippen LogP contribution in [0, 0.1) is 0 Å². The minimum Gasteiger partial charge on any atom is -0.406 e. The Kier molecular flexibility index (Phi) is 4.46. The SMILES string of the molecule is O=C1NN=C(CCc2cccc(OC(F)(F)F)c2)CC1O. The number of aliphatic hydroxyl groups is 1. The molecule has 1 aromatic rings. The smallest absolute Gasteiger partial charge is 0.406 e. The first kappa shape index (κ1) is 15.3. The molecular weight excluding hydrogens is 289 g/mol. The molecule has 21 heavy (non-hydrogen) atoms. The molecule has 1 aliphatic rings. The quantitative estimate of drug-likeness (QED) is 0.890. The van der Waals surface area contributed by atoms with Crippen LogP contribution in [-0.4, -0.2) is 29.2 Å². The third kappa shape index (κ3) is 4.75. The van der Waals surface area contributed by atoms with Gasteiger partial charge in [-0.15, -0.1) is 13.2 Å². The van der Waals surface area contributed by atoms with Gasteiger partial charge in [0.1, 0.15) is 11.9 Å². The van der Waals surface area contributed by atoms with Gasteiger partial charge in [-0.1, -0.05) is 12.1 Å². The lowest BCUT2D eigenvalue weighted by Crippen LogP contribution is -2.38. The molecule has 2 rings (SSSR count). The van der Waals surface area contributed by atoms with Gasteiger partial charge in [0.15, 0.2) is 0 Å². The number of ether oxygens (including phenoxy) is 1. The van der Waals surface area contributed by atoms with Gasteiger partial charge >= 0.3 is 6.36 Å². The van der Waals surface area contributed by atoms with Crippen molar-refractivity contribution in [1.82, 2.24) is 5.43 Å². The summed E-state index contributed by atoms with van der Waals surface area (Å²) in [5.74, 6) is -0.835. The molecule has 0 spiro atoms. The molecule has 1 amide bonds. The second-order valence-corrected chi connectivity index (χ2v) is 4.57. The van der Waals surface area contributed by atoms with Gasteiger partial charge in [0.05, 0.1) is 0 Å². The molecule has 1 atom stereocenters. The average molecular weight is 302 g/mol. The van der Waals surface area contributed by atoms with Crippen LogP contribution in [0.15, 0.2) is 29.4 Å². The number of alkyl halides is 3. The van der Waals surface area contributed by atoms with E-state index in [2.05, 4.69) is 15.3 Å². The van der Waals surface area contributed by atoms with Gasteiger partial charge in [0.2, 0.25) is 0 Å². The molecule has 0 aromatic heterocycles. The summed E-state index contributed by atoms with van der Waals surface area (Å²) in [4.78, 5) is 11.0. The molecule has 1 aromatic carbocycles. The highest BCUT2D eigenvalue weighted by atomic mass is 19.4. The van der Waals surface area contributed by atoms with Crippen molar-refractivity contribution in [2.75, 3.05) is 0 Å². The van der Waals surface area contributed by atoms with E-state index in [-0.39, 0.29) is 12.2 Å². The molecule has 1 aliphatic heterocycles. The zero-order chi connectivity index (χ0) is 15.5. The minimum atomic E-state index is -4.72. The molecule has 0 fully saturated rings. The normalized spacial score (nSPS) is 19.0. The van der Waals surface area contributed by atoms with E-state index in [4.69, 9.17) is 0 Å². The van der Waals surface area contributed by atoms with Crippen molar-refractivity contribution < 1.29 is 27.8 Å². The van der Waals surface area contributed by atoms with Gasteiger partial charge in [-0.2, -0.15) is 5.10 Å². The van der Waals surface area contributed by atoms with Crippen molar-refractivity contribution >= 4 is 11.6 Å². The first-order chi connectivity index (χ1) is 9.83. The number of benzene rings is 1. The average Bonchev–Trinajstić information content (AvgIpc) is 2.39. The Morgan fingerprint density at radius 3 is 2.81 bits per heavy atom. The first-order valence-corrected chi connectivity index (χ1v) is 6.21. The number of hydrogen-bond donors (Lipinski definition) is 2. The summed E-state index contributed by atoms with van der Waals surface area (Å²) >= 11 is 0. The summed E-state index contributed by atoms with van der Waals surface area (Å²) in [6.07, 6.45) is -4.87. The van der Waals surface area contributed by atoms with Gasteiger partial charge in [0, 0.05) is 12.1 Å². The largest absolute Gasteiger partial charge is 0.573 e. The lowest BCUT2D eigenvalue weighted by atomic mass is 10.0. The summed E-state index contributed by atoms with van der Waals surface area (Å²) in [6, 6.07) is 5.66. The monoisotopic (exact) mass is 302 g/mol. The zero-order valence-electron chi connectivity index (χ0n) is 10.9. The van der Waals surface area contributed by atoms with Crippen molar-refractivity contribution in [2.45, 2.75) is 31.7 Å². The Hall–Kier alpha value is -2.09. The van der Waals surface area contributed by atoms with Crippen molar-refractivity contribution in [2.24, 2.45) is 5.10 Å². The molecule has 0 radical (unpaired) electrons. The van der Waals surface area contributed by atoms with Gasteiger partial charge < -0.3 is 9.84 Å². The zero-order valence-corrected chi connectivity index (χ0v) is 10.9. The number of hydrogen-bond acceptors (Lipinski definition) is 4. The van der Waals surface area contributed by atoms with E-state index >= 15 is 0 Å². The van der Waals surface area contributed by atoms with E-state index in [1.54, 1.807) is 6.07 Å². The maximum absolute atomic E-state index is 12.1. The summed E-state index contributed by atoms with van der Waals surface area (Å²) in [5, 5.41) is 13.2. The fraction of sp³-hybridized carbons (Fsp3) is 0.385. The number of carbonyl (C=O) groups is 1. The van der Waals surface area contributed by atoms with E-state index in [0.29, 0.717) is 24.1 Å². The number of halogens is 3. The van der Waals surface area contributed by atoms with E-state index < -0.39 is 18.4 Å². The molecule has 1 unspecified atom stereocenters. The van der Waals surface area contributed by atoms with Crippen LogP contribution in [0.4, 0.5) is 13.2 Å². The van der Waals surface area contributed by atoms with Crippen molar-refractivity contribution in [3.05, 3.63) is 29.8 Å². The highest BCUT2D eigenvalue weighted by Crippen LogP contribution is 2.24. The maximum Gasteiger partial charge on any atom is 0.573 e. The molecule has 0 bridgehead atoms. The highest BCUT2D eigenvalue weighted by Gasteiger charge is 2.31. The van der Waals surface area contributed by atoms with Crippen LogP contribution in [0.2, 0.25) is 0 Å². The topological polar surface area (TPSA) is 70.9 Å². The van der Waals surface area contributed by atoms with Crippen molar-refractivity contribution in [1.29, 1.82) is 0 Å². The summed E-state index contributed by atoms with van der Waals surface area (Å²) in [6.45, 7) is 0. The van der Waals surface area contributed by atoms with Crippen LogP contribution in [-0.2, 0) is 11.2 Å². The number of nitrogens with one attached hydrogen (secondary N) is 1. The summed E-state index contributed by atoms with van der Waals surface area (Å²) in [5.41, 5.74) is 3.42. The number of carbonyl (C=O) groups excluding carboxylic acids is 1. The van der Waals surface area contributed by atoms with E-state index in [1.807, 2.05) is 0 Å². The Bertz CT molecular complexity index is 558. The lowest BCUT2D eigenvalue weighted by Gasteiger charge is -2.17. The Morgan fingerprint density at radius 1 is 1.38 bits per heavy atom. The first-order valence-electron chi connectivity index (χ1n) is 6.21. The Labute approximate surface area is 118 Å². The van der Waals surface area contributed by atoms with Crippen molar-refractivity contribution in [3.8, 4) is 5.75 Å². The van der Waals surface area contributed by atoms with Crippen LogP contribution in [0.3, 0.4) is 0 Å². The highest BCUT2D eigenvalue weighted by molar-refractivity contribution is 5.95. The van der Waals surface area contributed by atoms with E-state index in [1.165, 1.54) is 18.2 Å². The second-order valence-electron chi connectivity index (χ2n) is 4.57. The van der Waals surface area contributed by atoms with Crippen LogP contribution in [0.5, 0.6) is 5.75 Å². The van der Waals surface area contributed by atoms with E-state index in [9.17, 15) is 23.1 Å². The van der Waals surface area contributed by atoms with Crippen LogP contribution in [0.25, 0.3) is 0 Å². The fourth-order valence-corrected chi connectivity index (χ4v) is 1.91. The molecule has 5 nitrogen and oxygen atoms in total. The molecule has 2 N–H and O–H groups in total. The van der Waals surface area contributed by atoms with Crippen LogP contribution >= 0.6 is 0 Å². The van der Waals surface area contributed by atoms with Crippen molar-refractivity contribution in [3.63, 3.8) is 0 Å². The van der Waals surface area contributed by atoms with Gasteiger partial charge in [-0.3, -0.25) is 4.79 Å². The number of aryl methyl sites for hydroxylation is 1. The molecule has 1 heterocycles. The standard InChI is InChI=1S/C13H13F3N2O3/c14-13(15,16)21-10-3-1-2-8(6-10)4-5-9-7-11(19)12(20)18-17-9/h1-3,6,11,19H,4-5,7H2,(H,18,20). The predicted molar refractivity (Wildman–Crippen MR) is 67.6 cm³/mol. The maximum atomic E-state index is 12.1. The lowest BCUT2D eigenvalue weighted by molar-refractivity contribution is -0.274. The number of hydrazone groups is 1.